The van der Waals surface area contributed by atoms with Gasteiger partial charge in [-0.25, -0.2) is 0 Å². The van der Waals surface area contributed by atoms with E-state index >= 15 is 0 Å². The number of rotatable bonds is 4. The second-order valence-electron chi connectivity index (χ2n) is 11.1. The van der Waals surface area contributed by atoms with Crippen molar-refractivity contribution >= 4 is 28.8 Å². The summed E-state index contributed by atoms with van der Waals surface area (Å²) in [6.45, 7) is 4.15. The van der Waals surface area contributed by atoms with Gasteiger partial charge in [0.1, 0.15) is 6.04 Å². The second-order valence-corrected chi connectivity index (χ2v) is 11.1. The molecule has 200 valence electrons. The van der Waals surface area contributed by atoms with Crippen LogP contribution in [0.15, 0.2) is 102 Å². The Morgan fingerprint density at radius 2 is 1.70 bits per heavy atom. The number of nitro benzene ring substituents is 1. The molecule has 6 rings (SSSR count). The maximum Gasteiger partial charge on any atom is 0.270 e. The van der Waals surface area contributed by atoms with Gasteiger partial charge in [-0.05, 0) is 48.2 Å². The number of para-hydroxylation sites is 2. The molecule has 1 aliphatic carbocycles. The molecule has 2 heterocycles. The van der Waals surface area contributed by atoms with Gasteiger partial charge in [0.2, 0.25) is 0 Å². The van der Waals surface area contributed by atoms with Gasteiger partial charge < -0.3 is 10.3 Å². The number of benzene rings is 3. The molecular formula is C32H28N4O4. The van der Waals surface area contributed by atoms with Gasteiger partial charge in [-0.3, -0.25) is 24.6 Å². The van der Waals surface area contributed by atoms with Crippen LogP contribution in [0.5, 0.6) is 0 Å². The summed E-state index contributed by atoms with van der Waals surface area (Å²) in [6.07, 6.45) is 0.997. The number of nitrogens with zero attached hydrogens (tertiary/aromatic N) is 2. The summed E-state index contributed by atoms with van der Waals surface area (Å²) in [7, 11) is 0. The van der Waals surface area contributed by atoms with Gasteiger partial charge in [0, 0.05) is 52.3 Å². The van der Waals surface area contributed by atoms with Crippen molar-refractivity contribution < 1.29 is 14.5 Å². The molecule has 8 heteroatoms. The maximum absolute atomic E-state index is 14.3. The van der Waals surface area contributed by atoms with E-state index < -0.39 is 11.0 Å². The van der Waals surface area contributed by atoms with Crippen molar-refractivity contribution in [1.29, 1.82) is 0 Å². The van der Waals surface area contributed by atoms with Gasteiger partial charge in [0.05, 0.1) is 16.3 Å². The van der Waals surface area contributed by atoms with E-state index in [-0.39, 0.29) is 22.8 Å². The van der Waals surface area contributed by atoms with Crippen molar-refractivity contribution in [2.24, 2.45) is 5.41 Å². The van der Waals surface area contributed by atoms with E-state index in [4.69, 9.17) is 0 Å². The molecule has 0 spiro atoms. The van der Waals surface area contributed by atoms with Crippen molar-refractivity contribution in [3.8, 4) is 11.3 Å². The number of H-pyrrole nitrogens is 1. The number of carbonyl (C=O) groups is 2. The third-order valence-electron chi connectivity index (χ3n) is 7.51. The number of nitro groups is 1. The monoisotopic (exact) mass is 532 g/mol. The van der Waals surface area contributed by atoms with Gasteiger partial charge in [-0.2, -0.15) is 0 Å². The van der Waals surface area contributed by atoms with Crippen molar-refractivity contribution in [3.05, 3.63) is 124 Å². The molecule has 0 radical (unpaired) electrons. The molecule has 2 aliphatic rings. The first-order valence-electron chi connectivity index (χ1n) is 13.2. The second kappa shape index (κ2) is 9.64. The molecule has 3 aromatic carbocycles. The molecule has 40 heavy (non-hydrogen) atoms. The van der Waals surface area contributed by atoms with Crippen LogP contribution in [-0.4, -0.2) is 21.6 Å². The van der Waals surface area contributed by atoms with Crippen LogP contribution in [0.3, 0.4) is 0 Å². The van der Waals surface area contributed by atoms with E-state index in [2.05, 4.69) is 24.1 Å². The number of nitrogens with one attached hydrogen (secondary N) is 2. The molecular weight excluding hydrogens is 504 g/mol. The van der Waals surface area contributed by atoms with Crippen molar-refractivity contribution in [1.82, 2.24) is 4.98 Å². The van der Waals surface area contributed by atoms with Gasteiger partial charge >= 0.3 is 0 Å². The largest absolute Gasteiger partial charge is 0.357 e. The number of aromatic amines is 1. The van der Waals surface area contributed by atoms with Crippen molar-refractivity contribution in [3.63, 3.8) is 0 Å². The SMILES string of the molecule is CC1(C)CC(=O)C2=C(C1)Nc1ccccc1N(C(=O)c1ccccc1)C2c1ccc(-c2cccc([N+](=O)[O-])c2)[nH]1. The number of fused-ring (bicyclic) bond motifs is 1. The molecule has 1 aromatic heterocycles. The Balaban J connectivity index is 1.57. The highest BCUT2D eigenvalue weighted by atomic mass is 16.6. The quantitative estimate of drug-likeness (QED) is 0.216. The lowest BCUT2D eigenvalue weighted by molar-refractivity contribution is -0.384. The number of allylic oxidation sites excluding steroid dienone is 1. The number of carbonyl (C=O) groups excluding carboxylic acids is 2. The Bertz CT molecular complexity index is 1690. The summed E-state index contributed by atoms with van der Waals surface area (Å²) in [5.41, 5.74) is 4.93. The van der Waals surface area contributed by atoms with Crippen LogP contribution < -0.4 is 10.2 Å². The standard InChI is InChI=1S/C32H28N4O4/c1-32(2)18-26-29(28(37)19-32)30(25-16-15-23(33-25)21-11-8-12-22(17-21)36(39)40)35(27-14-7-6-13-24(27)34-26)31(38)20-9-4-3-5-10-20/h3-17,30,33-34H,18-19H2,1-2H3. The summed E-state index contributed by atoms with van der Waals surface area (Å²) < 4.78 is 0. The Morgan fingerprint density at radius 3 is 2.48 bits per heavy atom. The number of ketones is 1. The predicted octanol–water partition coefficient (Wildman–Crippen LogP) is 7.05. The van der Waals surface area contributed by atoms with E-state index in [0.29, 0.717) is 46.6 Å². The topological polar surface area (TPSA) is 108 Å². The predicted molar refractivity (Wildman–Crippen MR) is 154 cm³/mol. The normalized spacial score (nSPS) is 17.9. The first-order valence-corrected chi connectivity index (χ1v) is 13.2. The van der Waals surface area contributed by atoms with Gasteiger partial charge in [0.25, 0.3) is 11.6 Å². The lowest BCUT2D eigenvalue weighted by Crippen LogP contribution is -2.39. The fourth-order valence-corrected chi connectivity index (χ4v) is 5.75. The third-order valence-corrected chi connectivity index (χ3v) is 7.51. The van der Waals surface area contributed by atoms with Gasteiger partial charge in [-0.1, -0.05) is 56.3 Å². The summed E-state index contributed by atoms with van der Waals surface area (Å²) in [4.78, 5) is 44.2. The lowest BCUT2D eigenvalue weighted by atomic mass is 9.73. The summed E-state index contributed by atoms with van der Waals surface area (Å²) in [5.74, 6) is -0.258. The van der Waals surface area contributed by atoms with E-state index in [1.165, 1.54) is 12.1 Å². The summed E-state index contributed by atoms with van der Waals surface area (Å²) in [6, 6.07) is 25.9. The van der Waals surface area contributed by atoms with Crippen LogP contribution in [0.2, 0.25) is 0 Å². The van der Waals surface area contributed by atoms with E-state index in [1.54, 1.807) is 29.2 Å². The summed E-state index contributed by atoms with van der Waals surface area (Å²) in [5, 5.41) is 14.9. The van der Waals surface area contributed by atoms with E-state index in [1.807, 2.05) is 54.6 Å². The zero-order chi connectivity index (χ0) is 28.0. The zero-order valence-electron chi connectivity index (χ0n) is 22.2. The Hall–Kier alpha value is -4.98. The van der Waals surface area contributed by atoms with Crippen LogP contribution in [0, 0.1) is 15.5 Å². The number of non-ortho nitro benzene ring substituents is 1. The number of hydrogen-bond donors (Lipinski definition) is 2. The minimum absolute atomic E-state index is 0.0168. The Labute approximate surface area is 231 Å². The number of amides is 1. The lowest BCUT2D eigenvalue weighted by Gasteiger charge is -2.36. The highest BCUT2D eigenvalue weighted by molar-refractivity contribution is 6.12. The van der Waals surface area contributed by atoms with Gasteiger partial charge in [-0.15, -0.1) is 0 Å². The minimum Gasteiger partial charge on any atom is -0.357 e. The Morgan fingerprint density at radius 1 is 0.950 bits per heavy atom. The Kier molecular flexibility index (Phi) is 6.10. The number of aromatic nitrogens is 1. The van der Waals surface area contributed by atoms with Crippen LogP contribution in [0.4, 0.5) is 17.1 Å². The van der Waals surface area contributed by atoms with E-state index in [0.717, 1.165) is 11.4 Å². The molecule has 2 N–H and O–H groups in total. The van der Waals surface area contributed by atoms with Crippen molar-refractivity contribution in [2.75, 3.05) is 10.2 Å². The molecule has 0 fully saturated rings. The highest BCUT2D eigenvalue weighted by Crippen LogP contribution is 2.48. The fraction of sp³-hybridized carbons (Fsp3) is 0.188. The maximum atomic E-state index is 14.3. The third kappa shape index (κ3) is 4.47. The van der Waals surface area contributed by atoms with Crippen LogP contribution in [-0.2, 0) is 4.79 Å². The first kappa shape index (κ1) is 25.3. The molecule has 4 aromatic rings. The molecule has 0 bridgehead atoms. The summed E-state index contributed by atoms with van der Waals surface area (Å²) >= 11 is 0. The number of anilines is 2. The van der Waals surface area contributed by atoms with Crippen molar-refractivity contribution in [2.45, 2.75) is 32.7 Å². The first-order chi connectivity index (χ1) is 19.2. The zero-order valence-corrected chi connectivity index (χ0v) is 22.2. The molecule has 1 unspecified atom stereocenters. The molecule has 0 saturated heterocycles. The van der Waals surface area contributed by atoms with Crippen LogP contribution in [0.25, 0.3) is 11.3 Å². The number of Topliss-reactive ketones (excluding diaryl/α,β-unsaturated/α-hetero) is 1. The molecule has 1 aliphatic heterocycles. The average Bonchev–Trinajstić information content (AvgIpc) is 3.37. The molecule has 1 amide bonds. The average molecular weight is 533 g/mol. The molecule has 1 atom stereocenters. The highest BCUT2D eigenvalue weighted by Gasteiger charge is 2.44. The van der Waals surface area contributed by atoms with E-state index in [9.17, 15) is 19.7 Å². The smallest absolute Gasteiger partial charge is 0.270 e. The molecule has 0 saturated carbocycles. The number of hydrogen-bond acceptors (Lipinski definition) is 5. The fourth-order valence-electron chi connectivity index (χ4n) is 5.75. The van der Waals surface area contributed by atoms with Gasteiger partial charge in [0.15, 0.2) is 5.78 Å². The minimum atomic E-state index is -0.741. The van der Waals surface area contributed by atoms with Crippen LogP contribution >= 0.6 is 0 Å². The van der Waals surface area contributed by atoms with Crippen LogP contribution in [0.1, 0.15) is 48.8 Å². The molecule has 8 nitrogen and oxygen atoms in total.